The number of benzene rings is 1. The molecule has 0 aliphatic rings. The van der Waals surface area contributed by atoms with Gasteiger partial charge in [0.2, 0.25) is 5.88 Å². The standard InChI is InChI=1S/C16H14F2N6O3/c1-2-26-14-13(10-4-3-5-12(6-10)27-15(17)18)22-11(7-19-14)8-24-16(23-25)20-9-21-24/h3-7,9,15H,2,8H2,1H3. The second-order valence-corrected chi connectivity index (χ2v) is 5.16. The third-order valence-electron chi connectivity index (χ3n) is 3.39. The van der Waals surface area contributed by atoms with Gasteiger partial charge in [-0.25, -0.2) is 14.6 Å². The average molecular weight is 376 g/mol. The molecule has 11 heteroatoms. The minimum absolute atomic E-state index is 0.0131. The van der Waals surface area contributed by atoms with Crippen LogP contribution in [0.2, 0.25) is 0 Å². The van der Waals surface area contributed by atoms with E-state index >= 15 is 0 Å². The fourth-order valence-corrected chi connectivity index (χ4v) is 2.33. The predicted octanol–water partition coefficient (Wildman–Crippen LogP) is 3.18. The highest BCUT2D eigenvalue weighted by Crippen LogP contribution is 2.29. The van der Waals surface area contributed by atoms with Crippen LogP contribution in [0.5, 0.6) is 11.6 Å². The molecule has 27 heavy (non-hydrogen) atoms. The SMILES string of the molecule is CCOc1ncc(Cn2ncnc2N=O)nc1-c1cccc(OC(F)F)c1. The van der Waals surface area contributed by atoms with Crippen LogP contribution in [0.1, 0.15) is 12.6 Å². The highest BCUT2D eigenvalue weighted by atomic mass is 19.3. The summed E-state index contributed by atoms with van der Waals surface area (Å²) < 4.78 is 36.1. The lowest BCUT2D eigenvalue weighted by atomic mass is 10.1. The number of nitroso groups, excluding NO2 is 1. The van der Waals surface area contributed by atoms with Crippen molar-refractivity contribution >= 4 is 5.95 Å². The lowest BCUT2D eigenvalue weighted by Gasteiger charge is -2.12. The van der Waals surface area contributed by atoms with Gasteiger partial charge in [0.05, 0.1) is 25.0 Å². The summed E-state index contributed by atoms with van der Waals surface area (Å²) in [5.74, 6) is 0.128. The molecule has 0 radical (unpaired) electrons. The fraction of sp³-hybridized carbons (Fsp3) is 0.250. The van der Waals surface area contributed by atoms with Crippen molar-refractivity contribution in [3.63, 3.8) is 0 Å². The number of ether oxygens (including phenoxy) is 2. The van der Waals surface area contributed by atoms with Gasteiger partial charge in [-0.15, -0.1) is 4.91 Å². The molecular weight excluding hydrogens is 362 g/mol. The number of hydrogen-bond donors (Lipinski definition) is 0. The van der Waals surface area contributed by atoms with E-state index in [9.17, 15) is 13.7 Å². The molecular formula is C16H14F2N6O3. The molecule has 1 aromatic carbocycles. The molecule has 3 rings (SSSR count). The molecule has 0 spiro atoms. The number of nitrogens with zero attached hydrogens (tertiary/aromatic N) is 6. The van der Waals surface area contributed by atoms with Crippen LogP contribution in [0.4, 0.5) is 14.7 Å². The quantitative estimate of drug-likeness (QED) is 0.556. The molecule has 0 amide bonds. The lowest BCUT2D eigenvalue weighted by Crippen LogP contribution is -2.07. The zero-order valence-corrected chi connectivity index (χ0v) is 14.1. The van der Waals surface area contributed by atoms with Crippen LogP contribution in [0.25, 0.3) is 11.3 Å². The normalized spacial score (nSPS) is 10.8. The molecule has 0 aliphatic heterocycles. The van der Waals surface area contributed by atoms with Gasteiger partial charge in [-0.05, 0) is 19.1 Å². The predicted molar refractivity (Wildman–Crippen MR) is 89.8 cm³/mol. The van der Waals surface area contributed by atoms with Crippen molar-refractivity contribution < 1.29 is 18.3 Å². The van der Waals surface area contributed by atoms with Gasteiger partial charge in [0, 0.05) is 10.7 Å². The van der Waals surface area contributed by atoms with Gasteiger partial charge in [0.15, 0.2) is 0 Å². The molecule has 0 aliphatic carbocycles. The summed E-state index contributed by atoms with van der Waals surface area (Å²) in [5.41, 5.74) is 1.28. The zero-order chi connectivity index (χ0) is 19.2. The highest BCUT2D eigenvalue weighted by molar-refractivity contribution is 5.66. The van der Waals surface area contributed by atoms with E-state index in [1.54, 1.807) is 19.1 Å². The number of alkyl halides is 2. The van der Waals surface area contributed by atoms with Crippen molar-refractivity contribution in [2.24, 2.45) is 5.18 Å². The third kappa shape index (κ3) is 4.37. The van der Waals surface area contributed by atoms with Crippen LogP contribution < -0.4 is 9.47 Å². The summed E-state index contributed by atoms with van der Waals surface area (Å²) in [7, 11) is 0. The lowest BCUT2D eigenvalue weighted by molar-refractivity contribution is -0.0498. The molecule has 2 heterocycles. The summed E-state index contributed by atoms with van der Waals surface area (Å²) >= 11 is 0. The Labute approximate surface area is 152 Å². The summed E-state index contributed by atoms with van der Waals surface area (Å²) in [6.45, 7) is -0.713. The fourth-order valence-electron chi connectivity index (χ4n) is 2.33. The highest BCUT2D eigenvalue weighted by Gasteiger charge is 2.15. The van der Waals surface area contributed by atoms with E-state index in [-0.39, 0.29) is 24.1 Å². The van der Waals surface area contributed by atoms with Crippen LogP contribution in [0.15, 0.2) is 42.0 Å². The molecule has 9 nitrogen and oxygen atoms in total. The van der Waals surface area contributed by atoms with Gasteiger partial charge < -0.3 is 9.47 Å². The van der Waals surface area contributed by atoms with E-state index in [2.05, 4.69) is 30.0 Å². The van der Waals surface area contributed by atoms with Gasteiger partial charge in [0.1, 0.15) is 17.8 Å². The van der Waals surface area contributed by atoms with Gasteiger partial charge >= 0.3 is 6.61 Å². The smallest absolute Gasteiger partial charge is 0.387 e. The van der Waals surface area contributed by atoms with E-state index in [0.717, 1.165) is 0 Å². The van der Waals surface area contributed by atoms with E-state index < -0.39 is 6.61 Å². The molecule has 0 saturated carbocycles. The Bertz CT molecular complexity index is 934. The largest absolute Gasteiger partial charge is 0.476 e. The molecule has 140 valence electrons. The van der Waals surface area contributed by atoms with E-state index in [1.807, 2.05) is 0 Å². The second kappa shape index (κ2) is 8.25. The Kier molecular flexibility index (Phi) is 5.59. The van der Waals surface area contributed by atoms with Crippen molar-refractivity contribution in [1.29, 1.82) is 0 Å². The van der Waals surface area contributed by atoms with Gasteiger partial charge in [-0.1, -0.05) is 12.1 Å². The van der Waals surface area contributed by atoms with Crippen molar-refractivity contribution in [2.45, 2.75) is 20.1 Å². The Morgan fingerprint density at radius 2 is 2.15 bits per heavy atom. The number of hydrogen-bond acceptors (Lipinski definition) is 8. The van der Waals surface area contributed by atoms with E-state index in [1.165, 1.54) is 29.3 Å². The summed E-state index contributed by atoms with van der Waals surface area (Å²) in [6.07, 6.45) is 2.66. The number of halogens is 2. The summed E-state index contributed by atoms with van der Waals surface area (Å²) in [4.78, 5) is 23.1. The minimum Gasteiger partial charge on any atom is -0.476 e. The molecule has 3 aromatic rings. The van der Waals surface area contributed by atoms with Gasteiger partial charge in [-0.2, -0.15) is 18.9 Å². The average Bonchev–Trinajstić information content (AvgIpc) is 3.10. The molecule has 0 unspecified atom stereocenters. The van der Waals surface area contributed by atoms with Gasteiger partial charge in [0.25, 0.3) is 5.95 Å². The molecule has 0 bridgehead atoms. The first-order valence-corrected chi connectivity index (χ1v) is 7.85. The van der Waals surface area contributed by atoms with Crippen LogP contribution in [0, 0.1) is 4.91 Å². The van der Waals surface area contributed by atoms with Crippen LogP contribution in [-0.4, -0.2) is 38.0 Å². The summed E-state index contributed by atoms with van der Waals surface area (Å²) in [5, 5.41) is 6.67. The first-order chi connectivity index (χ1) is 13.1. The first-order valence-electron chi connectivity index (χ1n) is 7.85. The van der Waals surface area contributed by atoms with Crippen molar-refractivity contribution in [1.82, 2.24) is 24.7 Å². The number of aromatic nitrogens is 5. The summed E-state index contributed by atoms with van der Waals surface area (Å²) in [6, 6.07) is 6.05. The van der Waals surface area contributed by atoms with Gasteiger partial charge in [-0.3, -0.25) is 0 Å². The maximum atomic E-state index is 12.5. The monoisotopic (exact) mass is 376 g/mol. The third-order valence-corrected chi connectivity index (χ3v) is 3.39. The Balaban J connectivity index is 1.98. The molecule has 0 fully saturated rings. The van der Waals surface area contributed by atoms with E-state index in [0.29, 0.717) is 23.6 Å². The van der Waals surface area contributed by atoms with Crippen LogP contribution >= 0.6 is 0 Å². The Morgan fingerprint density at radius 1 is 1.30 bits per heavy atom. The van der Waals surface area contributed by atoms with Crippen molar-refractivity contribution in [3.05, 3.63) is 47.4 Å². The molecule has 0 saturated heterocycles. The molecule has 2 aromatic heterocycles. The number of rotatable bonds is 8. The van der Waals surface area contributed by atoms with E-state index in [4.69, 9.17) is 4.74 Å². The Morgan fingerprint density at radius 3 is 2.89 bits per heavy atom. The minimum atomic E-state index is -2.94. The van der Waals surface area contributed by atoms with Crippen LogP contribution in [0.3, 0.4) is 0 Å². The zero-order valence-electron chi connectivity index (χ0n) is 14.1. The maximum Gasteiger partial charge on any atom is 0.387 e. The van der Waals surface area contributed by atoms with Crippen LogP contribution in [-0.2, 0) is 6.54 Å². The van der Waals surface area contributed by atoms with Crippen molar-refractivity contribution in [3.8, 4) is 22.9 Å². The molecule has 0 N–H and O–H groups in total. The van der Waals surface area contributed by atoms with Crippen molar-refractivity contribution in [2.75, 3.05) is 6.61 Å². The first kappa shape index (κ1) is 18.3. The molecule has 0 atom stereocenters. The second-order valence-electron chi connectivity index (χ2n) is 5.16. The maximum absolute atomic E-state index is 12.5. The topological polar surface area (TPSA) is 104 Å². The Hall–Kier alpha value is -3.50.